The van der Waals surface area contributed by atoms with Crippen LogP contribution in [0, 0.1) is 6.92 Å². The van der Waals surface area contributed by atoms with Crippen molar-refractivity contribution in [1.29, 1.82) is 0 Å². The van der Waals surface area contributed by atoms with Crippen LogP contribution in [0.2, 0.25) is 0 Å². The molecular formula is C26H28N2O5S. The first-order valence-corrected chi connectivity index (χ1v) is 13.0. The summed E-state index contributed by atoms with van der Waals surface area (Å²) in [6.45, 7) is 4.67. The summed E-state index contributed by atoms with van der Waals surface area (Å²) in [5, 5.41) is -0.573. The van der Waals surface area contributed by atoms with Gasteiger partial charge in [-0.15, -0.1) is 0 Å². The van der Waals surface area contributed by atoms with E-state index in [4.69, 9.17) is 4.74 Å². The van der Waals surface area contributed by atoms with E-state index in [1.165, 1.54) is 0 Å². The number of hydrogen-bond acceptors (Lipinski definition) is 5. The second kappa shape index (κ2) is 9.85. The first-order chi connectivity index (χ1) is 16.3. The van der Waals surface area contributed by atoms with Gasteiger partial charge >= 0.3 is 0 Å². The van der Waals surface area contributed by atoms with Crippen molar-refractivity contribution in [2.24, 2.45) is 0 Å². The summed E-state index contributed by atoms with van der Waals surface area (Å²) in [5.74, 6) is -0.186. The van der Waals surface area contributed by atoms with Gasteiger partial charge in [0.05, 0.1) is 11.9 Å². The van der Waals surface area contributed by atoms with Gasteiger partial charge < -0.3 is 9.72 Å². The summed E-state index contributed by atoms with van der Waals surface area (Å²) in [4.78, 5) is 28.8. The predicted molar refractivity (Wildman–Crippen MR) is 132 cm³/mol. The lowest BCUT2D eigenvalue weighted by Crippen LogP contribution is -2.37. The zero-order chi connectivity index (χ0) is 24.3. The van der Waals surface area contributed by atoms with Crippen LogP contribution in [0.15, 0.2) is 59.4 Å². The number of rotatable bonds is 9. The standard InChI is InChI=1S/C26H28N2O5S/c1-3-4-15-33-20-11-9-19(10-12-20)23-16-22(18-7-5-17(2)6-8-18)24(25(29)27-23)26(30)28-34(31,32)21-13-14-21/h5-12,16,21H,3-4,13-15H2,1-2H3,(H,27,29)(H,28,30). The molecule has 1 saturated carbocycles. The molecule has 0 spiro atoms. The average Bonchev–Trinajstić information content (AvgIpc) is 3.66. The maximum absolute atomic E-state index is 13.1. The van der Waals surface area contributed by atoms with E-state index >= 15 is 0 Å². The van der Waals surface area contributed by atoms with Crippen LogP contribution < -0.4 is 15.0 Å². The minimum Gasteiger partial charge on any atom is -0.494 e. The molecule has 1 fully saturated rings. The zero-order valence-electron chi connectivity index (χ0n) is 19.3. The Balaban J connectivity index is 1.73. The average molecular weight is 481 g/mol. The Morgan fingerprint density at radius 1 is 1.06 bits per heavy atom. The number of nitrogens with one attached hydrogen (secondary N) is 2. The second-order valence-corrected chi connectivity index (χ2v) is 10.5. The van der Waals surface area contributed by atoms with Crippen LogP contribution in [0.25, 0.3) is 22.4 Å². The van der Waals surface area contributed by atoms with Gasteiger partial charge in [0.15, 0.2) is 0 Å². The van der Waals surface area contributed by atoms with Crippen molar-refractivity contribution in [2.75, 3.05) is 6.61 Å². The smallest absolute Gasteiger partial charge is 0.270 e. The van der Waals surface area contributed by atoms with Crippen LogP contribution in [0.1, 0.15) is 48.5 Å². The van der Waals surface area contributed by atoms with Crippen molar-refractivity contribution in [2.45, 2.75) is 44.8 Å². The number of sulfonamides is 1. The highest BCUT2D eigenvalue weighted by Gasteiger charge is 2.37. The van der Waals surface area contributed by atoms with E-state index in [-0.39, 0.29) is 5.56 Å². The summed E-state index contributed by atoms with van der Waals surface area (Å²) >= 11 is 0. The Labute approximate surface area is 199 Å². The topological polar surface area (TPSA) is 105 Å². The Morgan fingerprint density at radius 2 is 1.71 bits per heavy atom. The quantitative estimate of drug-likeness (QED) is 0.441. The predicted octanol–water partition coefficient (Wildman–Crippen LogP) is 4.42. The highest BCUT2D eigenvalue weighted by molar-refractivity contribution is 7.91. The molecule has 7 nitrogen and oxygen atoms in total. The fourth-order valence-electron chi connectivity index (χ4n) is 3.61. The molecular weight excluding hydrogens is 452 g/mol. The van der Waals surface area contributed by atoms with E-state index in [1.54, 1.807) is 6.07 Å². The number of amides is 1. The molecule has 1 aromatic heterocycles. The normalized spacial score (nSPS) is 13.5. The summed E-state index contributed by atoms with van der Waals surface area (Å²) < 4.78 is 32.5. The molecule has 2 aromatic carbocycles. The maximum Gasteiger partial charge on any atom is 0.270 e. The number of benzene rings is 2. The number of carbonyl (C=O) groups is 1. The third-order valence-corrected chi connectivity index (χ3v) is 7.57. The highest BCUT2D eigenvalue weighted by atomic mass is 32.2. The molecule has 1 heterocycles. The van der Waals surface area contributed by atoms with Crippen molar-refractivity contribution < 1.29 is 17.9 Å². The monoisotopic (exact) mass is 480 g/mol. The molecule has 3 aromatic rings. The molecule has 0 aliphatic heterocycles. The maximum atomic E-state index is 13.1. The molecule has 178 valence electrons. The number of pyridine rings is 1. The van der Waals surface area contributed by atoms with Gasteiger partial charge in [0.25, 0.3) is 11.5 Å². The van der Waals surface area contributed by atoms with Gasteiger partial charge in [-0.3, -0.25) is 9.59 Å². The minimum absolute atomic E-state index is 0.226. The first-order valence-electron chi connectivity index (χ1n) is 11.4. The van der Waals surface area contributed by atoms with Gasteiger partial charge in [-0.25, -0.2) is 13.1 Å². The SMILES string of the molecule is CCCCOc1ccc(-c2cc(-c3ccc(C)cc3)c(C(=O)NS(=O)(=O)C3CC3)c(=O)[nH]2)cc1. The fourth-order valence-corrected chi connectivity index (χ4v) is 4.89. The van der Waals surface area contributed by atoms with Crippen LogP contribution >= 0.6 is 0 Å². The summed E-state index contributed by atoms with van der Waals surface area (Å²) in [7, 11) is -3.80. The number of unbranched alkanes of at least 4 members (excludes halogenated alkanes) is 1. The van der Waals surface area contributed by atoms with Crippen LogP contribution in [-0.4, -0.2) is 31.2 Å². The Morgan fingerprint density at radius 3 is 2.32 bits per heavy atom. The molecule has 0 saturated heterocycles. The van der Waals surface area contributed by atoms with Gasteiger partial charge in [-0.1, -0.05) is 43.2 Å². The second-order valence-electron chi connectivity index (χ2n) is 8.57. The van der Waals surface area contributed by atoms with E-state index in [1.807, 2.05) is 55.5 Å². The number of hydrogen-bond donors (Lipinski definition) is 2. The van der Waals surface area contributed by atoms with Crippen LogP contribution in [0.5, 0.6) is 5.75 Å². The molecule has 0 bridgehead atoms. The zero-order valence-corrected chi connectivity index (χ0v) is 20.1. The number of carbonyl (C=O) groups excluding carboxylic acids is 1. The number of aromatic nitrogens is 1. The molecule has 1 aliphatic carbocycles. The summed E-state index contributed by atoms with van der Waals surface area (Å²) in [6.07, 6.45) is 3.04. The summed E-state index contributed by atoms with van der Waals surface area (Å²) in [5.41, 5.74) is 2.41. The highest BCUT2D eigenvalue weighted by Crippen LogP contribution is 2.30. The van der Waals surface area contributed by atoms with Crippen molar-refractivity contribution in [3.05, 3.63) is 76.1 Å². The lowest BCUT2D eigenvalue weighted by Gasteiger charge is -2.13. The van der Waals surface area contributed by atoms with Crippen LogP contribution in [0.3, 0.4) is 0 Å². The van der Waals surface area contributed by atoms with Crippen LogP contribution in [0.4, 0.5) is 0 Å². The molecule has 8 heteroatoms. The molecule has 2 N–H and O–H groups in total. The van der Waals surface area contributed by atoms with Gasteiger partial charge in [0.2, 0.25) is 10.0 Å². The lowest BCUT2D eigenvalue weighted by atomic mass is 9.97. The third-order valence-electron chi connectivity index (χ3n) is 5.75. The van der Waals surface area contributed by atoms with Crippen LogP contribution in [-0.2, 0) is 10.0 Å². The number of aryl methyl sites for hydroxylation is 1. The van der Waals surface area contributed by atoms with E-state index in [0.717, 1.165) is 29.7 Å². The van der Waals surface area contributed by atoms with Crippen molar-refractivity contribution in [3.63, 3.8) is 0 Å². The Bertz CT molecular complexity index is 1340. The largest absolute Gasteiger partial charge is 0.494 e. The summed E-state index contributed by atoms with van der Waals surface area (Å²) in [6, 6.07) is 16.4. The molecule has 1 aliphatic rings. The van der Waals surface area contributed by atoms with Gasteiger partial charge in [0, 0.05) is 11.3 Å². The molecule has 0 radical (unpaired) electrons. The number of H-pyrrole nitrogens is 1. The molecule has 34 heavy (non-hydrogen) atoms. The fraction of sp³-hybridized carbons (Fsp3) is 0.308. The molecule has 0 unspecified atom stereocenters. The molecule has 0 atom stereocenters. The van der Waals surface area contributed by atoms with Crippen molar-refractivity contribution in [3.8, 4) is 28.1 Å². The number of aromatic amines is 1. The Kier molecular flexibility index (Phi) is 6.88. The van der Waals surface area contributed by atoms with Gasteiger partial charge in [-0.2, -0.15) is 0 Å². The third kappa shape index (κ3) is 5.39. The van der Waals surface area contributed by atoms with Gasteiger partial charge in [-0.05, 0) is 67.6 Å². The van der Waals surface area contributed by atoms with Gasteiger partial charge in [0.1, 0.15) is 11.3 Å². The van der Waals surface area contributed by atoms with Crippen molar-refractivity contribution in [1.82, 2.24) is 9.71 Å². The Hall–Kier alpha value is -3.39. The van der Waals surface area contributed by atoms with E-state index in [0.29, 0.717) is 36.3 Å². The lowest BCUT2D eigenvalue weighted by molar-refractivity contribution is 0.0980. The van der Waals surface area contributed by atoms with E-state index < -0.39 is 26.7 Å². The first kappa shape index (κ1) is 23.8. The van der Waals surface area contributed by atoms with E-state index in [9.17, 15) is 18.0 Å². The molecule has 4 rings (SSSR count). The minimum atomic E-state index is -3.80. The molecule has 1 amide bonds. The van der Waals surface area contributed by atoms with E-state index in [2.05, 4.69) is 16.6 Å². The number of ether oxygens (including phenoxy) is 1. The van der Waals surface area contributed by atoms with Crippen molar-refractivity contribution >= 4 is 15.9 Å².